The van der Waals surface area contributed by atoms with Crippen molar-refractivity contribution in [3.05, 3.63) is 34.1 Å². The molecule has 18 heavy (non-hydrogen) atoms. The number of hydrogen-bond acceptors (Lipinski definition) is 1. The van der Waals surface area contributed by atoms with E-state index in [-0.39, 0.29) is 5.82 Å². The molecule has 0 spiro atoms. The maximum Gasteiger partial charge on any atom is 0.123 e. The first kappa shape index (κ1) is 14.0. The Morgan fingerprint density at radius 2 is 2.06 bits per heavy atom. The molecule has 0 saturated heterocycles. The quantitative estimate of drug-likeness (QED) is 0.754. The molecule has 1 aromatic rings. The van der Waals surface area contributed by atoms with Gasteiger partial charge in [-0.2, -0.15) is 0 Å². The van der Waals surface area contributed by atoms with Crippen molar-refractivity contribution < 1.29 is 4.39 Å². The highest BCUT2D eigenvalue weighted by molar-refractivity contribution is 9.10. The third kappa shape index (κ3) is 4.36. The Balaban J connectivity index is 1.64. The van der Waals surface area contributed by atoms with Crippen molar-refractivity contribution in [3.63, 3.8) is 0 Å². The van der Waals surface area contributed by atoms with E-state index in [9.17, 15) is 4.39 Å². The van der Waals surface area contributed by atoms with E-state index in [1.807, 2.05) is 0 Å². The summed E-state index contributed by atoms with van der Waals surface area (Å²) in [5.74, 6) is 0.800. The molecule has 1 saturated carbocycles. The smallest absolute Gasteiger partial charge is 0.123 e. The molecule has 0 amide bonds. The second kappa shape index (κ2) is 7.25. The van der Waals surface area contributed by atoms with Crippen molar-refractivity contribution in [1.29, 1.82) is 0 Å². The predicted octanol–water partition coefficient (Wildman–Crippen LogP) is 4.65. The van der Waals surface area contributed by atoms with Gasteiger partial charge in [0.2, 0.25) is 0 Å². The van der Waals surface area contributed by atoms with Crippen LogP contribution in [-0.4, -0.2) is 6.54 Å². The molecule has 2 rings (SSSR count). The van der Waals surface area contributed by atoms with Gasteiger partial charge in [-0.3, -0.25) is 0 Å². The molecule has 0 bridgehead atoms. The molecule has 0 atom stereocenters. The van der Waals surface area contributed by atoms with Crippen LogP contribution in [-0.2, 0) is 6.54 Å². The lowest BCUT2D eigenvalue weighted by atomic mass is 10.0. The Morgan fingerprint density at radius 1 is 1.28 bits per heavy atom. The summed E-state index contributed by atoms with van der Waals surface area (Å²) in [4.78, 5) is 0. The van der Waals surface area contributed by atoms with Crippen molar-refractivity contribution in [1.82, 2.24) is 5.32 Å². The van der Waals surface area contributed by atoms with E-state index in [4.69, 9.17) is 0 Å². The van der Waals surface area contributed by atoms with E-state index in [2.05, 4.69) is 21.2 Å². The lowest BCUT2D eigenvalue weighted by molar-refractivity contribution is 0.470. The summed E-state index contributed by atoms with van der Waals surface area (Å²) in [7, 11) is 0. The van der Waals surface area contributed by atoms with Crippen molar-refractivity contribution in [2.24, 2.45) is 5.92 Å². The van der Waals surface area contributed by atoms with E-state index in [0.717, 1.165) is 29.0 Å². The highest BCUT2D eigenvalue weighted by Crippen LogP contribution is 2.28. The molecule has 0 aromatic heterocycles. The number of halogens is 2. The van der Waals surface area contributed by atoms with Crippen LogP contribution in [0.3, 0.4) is 0 Å². The fourth-order valence-electron chi connectivity index (χ4n) is 2.72. The topological polar surface area (TPSA) is 12.0 Å². The Bertz CT molecular complexity index is 375. The van der Waals surface area contributed by atoms with Crippen LogP contribution in [0.5, 0.6) is 0 Å². The van der Waals surface area contributed by atoms with Crippen LogP contribution < -0.4 is 5.32 Å². The largest absolute Gasteiger partial charge is 0.313 e. The highest BCUT2D eigenvalue weighted by Gasteiger charge is 2.13. The Hall–Kier alpha value is -0.410. The Labute approximate surface area is 117 Å². The van der Waals surface area contributed by atoms with Crippen molar-refractivity contribution in [2.75, 3.05) is 6.54 Å². The average molecular weight is 314 g/mol. The predicted molar refractivity (Wildman–Crippen MR) is 77.0 cm³/mol. The first-order valence-electron chi connectivity index (χ1n) is 6.90. The van der Waals surface area contributed by atoms with Crippen LogP contribution in [0.15, 0.2) is 22.7 Å². The third-order valence-corrected chi connectivity index (χ3v) is 4.54. The van der Waals surface area contributed by atoms with E-state index >= 15 is 0 Å². The standard InChI is InChI=1S/C15H21BrFN/c16-15-8-7-14(17)10-13(15)11-18-9-3-6-12-4-1-2-5-12/h7-8,10,12,18H,1-6,9,11H2. The van der Waals surface area contributed by atoms with Gasteiger partial charge in [-0.1, -0.05) is 41.6 Å². The molecular formula is C15H21BrFN. The maximum absolute atomic E-state index is 13.1. The zero-order valence-corrected chi connectivity index (χ0v) is 12.3. The number of rotatable bonds is 6. The van der Waals surface area contributed by atoms with Gasteiger partial charge in [-0.05, 0) is 49.1 Å². The van der Waals surface area contributed by atoms with Crippen LogP contribution in [0.2, 0.25) is 0 Å². The molecule has 0 aliphatic heterocycles. The SMILES string of the molecule is Fc1ccc(Br)c(CNCCCC2CCCC2)c1. The summed E-state index contributed by atoms with van der Waals surface area (Å²) in [6, 6.07) is 4.84. The first-order valence-corrected chi connectivity index (χ1v) is 7.69. The summed E-state index contributed by atoms with van der Waals surface area (Å²) in [5, 5.41) is 3.40. The number of benzene rings is 1. The summed E-state index contributed by atoms with van der Waals surface area (Å²) in [6.45, 7) is 1.77. The fraction of sp³-hybridized carbons (Fsp3) is 0.600. The average Bonchev–Trinajstić information content (AvgIpc) is 2.86. The van der Waals surface area contributed by atoms with Gasteiger partial charge >= 0.3 is 0 Å². The molecule has 1 aliphatic carbocycles. The summed E-state index contributed by atoms with van der Waals surface area (Å²) in [6.07, 6.45) is 8.28. The minimum Gasteiger partial charge on any atom is -0.313 e. The minimum atomic E-state index is -0.166. The molecule has 1 fully saturated rings. The Morgan fingerprint density at radius 3 is 2.83 bits per heavy atom. The summed E-state index contributed by atoms with van der Waals surface area (Å²) in [5.41, 5.74) is 0.996. The monoisotopic (exact) mass is 313 g/mol. The van der Waals surface area contributed by atoms with Gasteiger partial charge in [0, 0.05) is 11.0 Å². The van der Waals surface area contributed by atoms with E-state index in [1.54, 1.807) is 12.1 Å². The normalized spacial score (nSPS) is 16.3. The lowest BCUT2D eigenvalue weighted by Crippen LogP contribution is -2.16. The number of hydrogen-bond donors (Lipinski definition) is 1. The molecule has 3 heteroatoms. The zero-order chi connectivity index (χ0) is 12.8. The first-order chi connectivity index (χ1) is 8.75. The van der Waals surface area contributed by atoms with Gasteiger partial charge in [-0.25, -0.2) is 4.39 Å². The van der Waals surface area contributed by atoms with E-state index in [0.29, 0.717) is 0 Å². The summed E-state index contributed by atoms with van der Waals surface area (Å²) < 4.78 is 14.1. The lowest BCUT2D eigenvalue weighted by Gasteiger charge is -2.10. The Kier molecular flexibility index (Phi) is 5.64. The number of nitrogens with one attached hydrogen (secondary N) is 1. The second-order valence-electron chi connectivity index (χ2n) is 5.21. The second-order valence-corrected chi connectivity index (χ2v) is 6.06. The maximum atomic E-state index is 13.1. The minimum absolute atomic E-state index is 0.166. The summed E-state index contributed by atoms with van der Waals surface area (Å²) >= 11 is 3.45. The molecule has 0 unspecified atom stereocenters. The van der Waals surface area contributed by atoms with Gasteiger partial charge in [0.15, 0.2) is 0 Å². The van der Waals surface area contributed by atoms with E-state index in [1.165, 1.54) is 44.6 Å². The van der Waals surface area contributed by atoms with Crippen molar-refractivity contribution >= 4 is 15.9 Å². The van der Waals surface area contributed by atoms with Crippen LogP contribution in [0.4, 0.5) is 4.39 Å². The van der Waals surface area contributed by atoms with E-state index < -0.39 is 0 Å². The van der Waals surface area contributed by atoms with Crippen LogP contribution in [0, 0.1) is 11.7 Å². The third-order valence-electron chi connectivity index (χ3n) is 3.76. The zero-order valence-electron chi connectivity index (χ0n) is 10.7. The van der Waals surface area contributed by atoms with Crippen LogP contribution >= 0.6 is 15.9 Å². The molecule has 0 heterocycles. The molecule has 0 radical (unpaired) electrons. The highest BCUT2D eigenvalue weighted by atomic mass is 79.9. The van der Waals surface area contributed by atoms with Crippen LogP contribution in [0.1, 0.15) is 44.1 Å². The fourth-order valence-corrected chi connectivity index (χ4v) is 3.10. The van der Waals surface area contributed by atoms with Gasteiger partial charge in [0.25, 0.3) is 0 Å². The molecule has 1 aliphatic rings. The molecular weight excluding hydrogens is 293 g/mol. The van der Waals surface area contributed by atoms with Crippen molar-refractivity contribution in [3.8, 4) is 0 Å². The van der Waals surface area contributed by atoms with Gasteiger partial charge in [0.05, 0.1) is 0 Å². The van der Waals surface area contributed by atoms with Gasteiger partial charge in [0.1, 0.15) is 5.82 Å². The molecule has 1 aromatic carbocycles. The molecule has 1 nitrogen and oxygen atoms in total. The van der Waals surface area contributed by atoms with Crippen LogP contribution in [0.25, 0.3) is 0 Å². The van der Waals surface area contributed by atoms with Gasteiger partial charge in [-0.15, -0.1) is 0 Å². The molecule has 100 valence electrons. The van der Waals surface area contributed by atoms with Crippen molar-refractivity contribution in [2.45, 2.75) is 45.1 Å². The van der Waals surface area contributed by atoms with Gasteiger partial charge < -0.3 is 5.32 Å². The molecule has 1 N–H and O–H groups in total.